The van der Waals surface area contributed by atoms with Gasteiger partial charge >= 0.3 is 0 Å². The number of hydrogen-bond acceptors (Lipinski definition) is 2. The lowest BCUT2D eigenvalue weighted by atomic mass is 10.1. The second-order valence-electron chi connectivity index (χ2n) is 3.01. The summed E-state index contributed by atoms with van der Waals surface area (Å²) in [6.07, 6.45) is 0. The Kier molecular flexibility index (Phi) is 2.95. The maximum absolute atomic E-state index is 13.1. The normalized spacial score (nSPS) is 13.0. The smallest absolute Gasteiger partial charge is 0.130 e. The summed E-state index contributed by atoms with van der Waals surface area (Å²) in [5.41, 5.74) is 3.20. The number of hydrazine groups is 1. The molecule has 0 amide bonds. The van der Waals surface area contributed by atoms with Crippen molar-refractivity contribution < 1.29 is 8.78 Å². The monoisotopic (exact) mass is 186 g/mol. The Balaban J connectivity index is 3.15. The molecule has 13 heavy (non-hydrogen) atoms. The van der Waals surface area contributed by atoms with Crippen LogP contribution in [0.25, 0.3) is 0 Å². The minimum absolute atomic E-state index is 0.320. The van der Waals surface area contributed by atoms with E-state index in [0.717, 1.165) is 6.07 Å². The molecule has 0 bridgehead atoms. The zero-order valence-corrected chi connectivity index (χ0v) is 7.57. The van der Waals surface area contributed by atoms with Crippen molar-refractivity contribution in [2.24, 2.45) is 5.84 Å². The average molecular weight is 186 g/mol. The molecule has 0 fully saturated rings. The molecule has 1 unspecified atom stereocenters. The largest absolute Gasteiger partial charge is 0.271 e. The summed E-state index contributed by atoms with van der Waals surface area (Å²) in [4.78, 5) is 0. The van der Waals surface area contributed by atoms with Gasteiger partial charge in [0.05, 0.1) is 0 Å². The summed E-state index contributed by atoms with van der Waals surface area (Å²) >= 11 is 0. The summed E-state index contributed by atoms with van der Waals surface area (Å²) in [5, 5.41) is 0. The first-order chi connectivity index (χ1) is 6.06. The Labute approximate surface area is 75.7 Å². The van der Waals surface area contributed by atoms with E-state index in [-0.39, 0.29) is 6.04 Å². The number of benzene rings is 1. The fraction of sp³-hybridized carbons (Fsp3) is 0.333. The molecule has 72 valence electrons. The molecule has 2 nitrogen and oxygen atoms in total. The van der Waals surface area contributed by atoms with Crippen molar-refractivity contribution >= 4 is 0 Å². The summed E-state index contributed by atoms with van der Waals surface area (Å²) in [6.45, 7) is 3.29. The van der Waals surface area contributed by atoms with Crippen molar-refractivity contribution in [1.29, 1.82) is 0 Å². The van der Waals surface area contributed by atoms with Crippen LogP contribution in [0.15, 0.2) is 12.1 Å². The van der Waals surface area contributed by atoms with Crippen LogP contribution in [0.4, 0.5) is 8.78 Å². The van der Waals surface area contributed by atoms with E-state index in [1.165, 1.54) is 6.07 Å². The number of nitrogens with one attached hydrogen (secondary N) is 1. The van der Waals surface area contributed by atoms with Crippen LogP contribution in [0, 0.1) is 18.6 Å². The van der Waals surface area contributed by atoms with Crippen molar-refractivity contribution in [3.05, 3.63) is 34.9 Å². The second kappa shape index (κ2) is 3.81. The Morgan fingerprint density at radius 1 is 1.31 bits per heavy atom. The quantitative estimate of drug-likeness (QED) is 0.546. The standard InChI is InChI=1S/C9H12F2N2/c1-5-3-7(6(2)13-12)9(11)4-8(5)10/h3-4,6,13H,12H2,1-2H3. The number of aryl methyl sites for hydroxylation is 1. The molecule has 0 aliphatic carbocycles. The molecule has 0 spiro atoms. The molecule has 0 aliphatic heterocycles. The van der Waals surface area contributed by atoms with E-state index in [2.05, 4.69) is 5.43 Å². The molecule has 4 heteroatoms. The van der Waals surface area contributed by atoms with Gasteiger partial charge in [0.25, 0.3) is 0 Å². The summed E-state index contributed by atoms with van der Waals surface area (Å²) in [5.74, 6) is 4.04. The molecule has 0 radical (unpaired) electrons. The van der Waals surface area contributed by atoms with Crippen molar-refractivity contribution in [3.63, 3.8) is 0 Å². The van der Waals surface area contributed by atoms with Gasteiger partial charge in [0.15, 0.2) is 0 Å². The Bertz CT molecular complexity index is 313. The Morgan fingerprint density at radius 2 is 1.92 bits per heavy atom. The van der Waals surface area contributed by atoms with Gasteiger partial charge in [-0.2, -0.15) is 0 Å². The maximum atomic E-state index is 13.1. The lowest BCUT2D eigenvalue weighted by Gasteiger charge is -2.12. The molecule has 1 aromatic rings. The van der Waals surface area contributed by atoms with Gasteiger partial charge in [-0.1, -0.05) is 0 Å². The van der Waals surface area contributed by atoms with Gasteiger partial charge in [0.2, 0.25) is 0 Å². The van der Waals surface area contributed by atoms with Gasteiger partial charge in [-0.05, 0) is 25.5 Å². The highest BCUT2D eigenvalue weighted by Crippen LogP contribution is 2.19. The Morgan fingerprint density at radius 3 is 2.46 bits per heavy atom. The van der Waals surface area contributed by atoms with Crippen LogP contribution in [0.3, 0.4) is 0 Å². The predicted molar refractivity (Wildman–Crippen MR) is 46.8 cm³/mol. The van der Waals surface area contributed by atoms with Crippen LogP contribution in [-0.2, 0) is 0 Å². The molecule has 1 atom stereocenters. The molecule has 0 saturated heterocycles. The number of halogens is 2. The number of rotatable bonds is 2. The lowest BCUT2D eigenvalue weighted by Crippen LogP contribution is -2.26. The number of hydrogen-bond donors (Lipinski definition) is 2. The van der Waals surface area contributed by atoms with Crippen LogP contribution in [0.2, 0.25) is 0 Å². The van der Waals surface area contributed by atoms with E-state index >= 15 is 0 Å². The lowest BCUT2D eigenvalue weighted by molar-refractivity contribution is 0.525. The zero-order chi connectivity index (χ0) is 10.0. The third kappa shape index (κ3) is 2.02. The average Bonchev–Trinajstić information content (AvgIpc) is 2.10. The molecule has 0 saturated carbocycles. The summed E-state index contributed by atoms with van der Waals surface area (Å²) in [7, 11) is 0. The van der Waals surface area contributed by atoms with Crippen molar-refractivity contribution in [3.8, 4) is 0 Å². The van der Waals surface area contributed by atoms with Crippen LogP contribution in [0.1, 0.15) is 24.1 Å². The zero-order valence-electron chi connectivity index (χ0n) is 7.57. The fourth-order valence-electron chi connectivity index (χ4n) is 1.10. The van der Waals surface area contributed by atoms with Crippen LogP contribution in [0.5, 0.6) is 0 Å². The highest BCUT2D eigenvalue weighted by molar-refractivity contribution is 5.27. The van der Waals surface area contributed by atoms with Gasteiger partial charge in [-0.15, -0.1) is 0 Å². The highest BCUT2D eigenvalue weighted by atomic mass is 19.1. The third-order valence-corrected chi connectivity index (χ3v) is 1.99. The van der Waals surface area contributed by atoms with Gasteiger partial charge in [0.1, 0.15) is 11.6 Å². The SMILES string of the molecule is Cc1cc(C(C)NN)c(F)cc1F. The van der Waals surface area contributed by atoms with Crippen molar-refractivity contribution in [2.75, 3.05) is 0 Å². The van der Waals surface area contributed by atoms with E-state index in [9.17, 15) is 8.78 Å². The van der Waals surface area contributed by atoms with Crippen LogP contribution in [-0.4, -0.2) is 0 Å². The molecular weight excluding hydrogens is 174 g/mol. The van der Waals surface area contributed by atoms with Gasteiger partial charge in [0, 0.05) is 17.7 Å². The van der Waals surface area contributed by atoms with Crippen molar-refractivity contribution in [2.45, 2.75) is 19.9 Å². The maximum Gasteiger partial charge on any atom is 0.130 e. The number of nitrogens with two attached hydrogens (primary N) is 1. The third-order valence-electron chi connectivity index (χ3n) is 1.99. The van der Waals surface area contributed by atoms with Crippen LogP contribution >= 0.6 is 0 Å². The van der Waals surface area contributed by atoms with E-state index in [1.54, 1.807) is 13.8 Å². The van der Waals surface area contributed by atoms with Crippen molar-refractivity contribution in [1.82, 2.24) is 5.43 Å². The predicted octanol–water partition coefficient (Wildman–Crippen LogP) is 1.80. The topological polar surface area (TPSA) is 38.0 Å². The van der Waals surface area contributed by atoms with E-state index in [0.29, 0.717) is 11.1 Å². The second-order valence-corrected chi connectivity index (χ2v) is 3.01. The molecular formula is C9H12F2N2. The fourth-order valence-corrected chi connectivity index (χ4v) is 1.10. The first-order valence-electron chi connectivity index (χ1n) is 3.98. The van der Waals surface area contributed by atoms with Gasteiger partial charge in [-0.25, -0.2) is 8.78 Å². The minimum atomic E-state index is -0.575. The van der Waals surface area contributed by atoms with Gasteiger partial charge < -0.3 is 0 Å². The summed E-state index contributed by atoms with van der Waals surface area (Å²) < 4.78 is 26.0. The first kappa shape index (κ1) is 10.1. The highest BCUT2D eigenvalue weighted by Gasteiger charge is 2.11. The van der Waals surface area contributed by atoms with Crippen LogP contribution < -0.4 is 11.3 Å². The minimum Gasteiger partial charge on any atom is -0.271 e. The van der Waals surface area contributed by atoms with E-state index in [4.69, 9.17) is 5.84 Å². The van der Waals surface area contributed by atoms with Gasteiger partial charge in [-0.3, -0.25) is 11.3 Å². The molecule has 0 aromatic heterocycles. The summed E-state index contributed by atoms with van der Waals surface area (Å²) in [6, 6.07) is 2.01. The van der Waals surface area contributed by atoms with E-state index < -0.39 is 11.6 Å². The molecule has 1 aromatic carbocycles. The molecule has 0 aliphatic rings. The first-order valence-corrected chi connectivity index (χ1v) is 3.98. The molecule has 3 N–H and O–H groups in total. The Hall–Kier alpha value is -1.00. The molecule has 0 heterocycles. The molecule has 1 rings (SSSR count). The van der Waals surface area contributed by atoms with E-state index in [1.807, 2.05) is 0 Å².